The van der Waals surface area contributed by atoms with Crippen LogP contribution in [-0.2, 0) is 13.1 Å². The van der Waals surface area contributed by atoms with Crippen molar-refractivity contribution in [1.29, 1.82) is 0 Å². The minimum atomic E-state index is 0.661. The van der Waals surface area contributed by atoms with Crippen LogP contribution in [-0.4, -0.2) is 0 Å². The lowest BCUT2D eigenvalue weighted by molar-refractivity contribution is 0.429. The first-order chi connectivity index (χ1) is 8.33. The molecule has 0 bridgehead atoms. The lowest BCUT2D eigenvalue weighted by Gasteiger charge is -1.99. The minimum absolute atomic E-state index is 0.661. The Kier molecular flexibility index (Phi) is 2.77. The lowest BCUT2D eigenvalue weighted by Crippen LogP contribution is -2.11. The second-order valence-corrected chi connectivity index (χ2v) is 4.81. The van der Waals surface area contributed by atoms with Crippen LogP contribution in [0.2, 0.25) is 0 Å². The van der Waals surface area contributed by atoms with Crippen molar-refractivity contribution < 1.29 is 8.83 Å². The Morgan fingerprint density at radius 2 is 2.06 bits per heavy atom. The maximum absolute atomic E-state index is 5.80. The molecular weight excluding hydrogens is 214 g/mol. The van der Waals surface area contributed by atoms with Gasteiger partial charge in [-0.15, -0.1) is 0 Å². The summed E-state index contributed by atoms with van der Waals surface area (Å²) in [5, 5.41) is 3.30. The van der Waals surface area contributed by atoms with Gasteiger partial charge in [0.1, 0.15) is 17.3 Å². The van der Waals surface area contributed by atoms with Gasteiger partial charge in [-0.05, 0) is 36.6 Å². The van der Waals surface area contributed by atoms with E-state index in [0.717, 1.165) is 36.3 Å². The topological polar surface area (TPSA) is 38.3 Å². The SMILES string of the molecule is C[C@H]1C[C@H]1c1ccc(CNCc2ccco2)o1. The van der Waals surface area contributed by atoms with Crippen LogP contribution >= 0.6 is 0 Å². The van der Waals surface area contributed by atoms with E-state index in [2.05, 4.69) is 24.4 Å². The molecule has 17 heavy (non-hydrogen) atoms. The molecule has 2 atom stereocenters. The summed E-state index contributed by atoms with van der Waals surface area (Å²) in [6.45, 7) is 3.76. The summed E-state index contributed by atoms with van der Waals surface area (Å²) < 4.78 is 11.1. The predicted octanol–water partition coefficient (Wildman–Crippen LogP) is 3.29. The van der Waals surface area contributed by atoms with Crippen molar-refractivity contribution in [2.24, 2.45) is 5.92 Å². The third-order valence-electron chi connectivity index (χ3n) is 3.34. The van der Waals surface area contributed by atoms with Crippen LogP contribution in [0.4, 0.5) is 0 Å². The van der Waals surface area contributed by atoms with Crippen molar-refractivity contribution in [1.82, 2.24) is 5.32 Å². The van der Waals surface area contributed by atoms with Gasteiger partial charge in [0.25, 0.3) is 0 Å². The van der Waals surface area contributed by atoms with Gasteiger partial charge < -0.3 is 14.2 Å². The van der Waals surface area contributed by atoms with Gasteiger partial charge in [-0.3, -0.25) is 0 Å². The Morgan fingerprint density at radius 3 is 2.76 bits per heavy atom. The molecule has 0 amide bonds. The quantitative estimate of drug-likeness (QED) is 0.858. The van der Waals surface area contributed by atoms with E-state index >= 15 is 0 Å². The molecule has 3 rings (SSSR count). The summed E-state index contributed by atoms with van der Waals surface area (Å²) in [5.41, 5.74) is 0. The summed E-state index contributed by atoms with van der Waals surface area (Å²) in [7, 11) is 0. The maximum atomic E-state index is 5.80. The van der Waals surface area contributed by atoms with Crippen LogP contribution in [0.25, 0.3) is 0 Å². The number of hydrogen-bond acceptors (Lipinski definition) is 3. The smallest absolute Gasteiger partial charge is 0.117 e. The number of nitrogens with one attached hydrogen (secondary N) is 1. The van der Waals surface area contributed by atoms with Gasteiger partial charge >= 0.3 is 0 Å². The Morgan fingerprint density at radius 1 is 1.24 bits per heavy atom. The molecule has 2 aromatic rings. The third-order valence-corrected chi connectivity index (χ3v) is 3.34. The monoisotopic (exact) mass is 231 g/mol. The number of rotatable bonds is 5. The fourth-order valence-corrected chi connectivity index (χ4v) is 2.13. The van der Waals surface area contributed by atoms with Crippen LogP contribution in [0.15, 0.2) is 39.4 Å². The first-order valence-electron chi connectivity index (χ1n) is 6.14. The number of furan rings is 2. The first kappa shape index (κ1) is 10.7. The predicted molar refractivity (Wildman–Crippen MR) is 64.5 cm³/mol. The lowest BCUT2D eigenvalue weighted by atomic mass is 10.3. The van der Waals surface area contributed by atoms with Gasteiger partial charge in [0, 0.05) is 5.92 Å². The zero-order valence-electron chi connectivity index (χ0n) is 9.98. The van der Waals surface area contributed by atoms with Gasteiger partial charge in [-0.25, -0.2) is 0 Å². The zero-order valence-corrected chi connectivity index (χ0v) is 9.98. The molecular formula is C14H17NO2. The molecule has 0 saturated heterocycles. The summed E-state index contributed by atoms with van der Waals surface area (Å²) in [4.78, 5) is 0. The Bertz CT molecular complexity index is 472. The van der Waals surface area contributed by atoms with E-state index < -0.39 is 0 Å². The Labute approximate surface area is 101 Å². The Balaban J connectivity index is 1.50. The molecule has 3 heteroatoms. The molecule has 3 nitrogen and oxygen atoms in total. The van der Waals surface area contributed by atoms with E-state index in [1.807, 2.05) is 12.1 Å². The molecule has 2 aromatic heterocycles. The molecule has 1 aliphatic carbocycles. The van der Waals surface area contributed by atoms with Crippen LogP contribution in [0, 0.1) is 5.92 Å². The molecule has 1 N–H and O–H groups in total. The molecule has 1 aliphatic rings. The van der Waals surface area contributed by atoms with E-state index in [9.17, 15) is 0 Å². The van der Waals surface area contributed by atoms with Gasteiger partial charge in [0.2, 0.25) is 0 Å². The van der Waals surface area contributed by atoms with E-state index in [0.29, 0.717) is 5.92 Å². The second-order valence-electron chi connectivity index (χ2n) is 4.81. The summed E-state index contributed by atoms with van der Waals surface area (Å²) >= 11 is 0. The first-order valence-corrected chi connectivity index (χ1v) is 6.14. The summed E-state index contributed by atoms with van der Waals surface area (Å²) in [5.74, 6) is 4.56. The van der Waals surface area contributed by atoms with Crippen molar-refractivity contribution in [3.8, 4) is 0 Å². The largest absolute Gasteiger partial charge is 0.468 e. The number of hydrogen-bond donors (Lipinski definition) is 1. The fraction of sp³-hybridized carbons (Fsp3) is 0.429. The van der Waals surface area contributed by atoms with Crippen LogP contribution in [0.5, 0.6) is 0 Å². The molecule has 0 unspecified atom stereocenters. The highest BCUT2D eigenvalue weighted by atomic mass is 16.3. The average molecular weight is 231 g/mol. The Hall–Kier alpha value is -1.48. The van der Waals surface area contributed by atoms with Gasteiger partial charge in [-0.2, -0.15) is 0 Å². The van der Waals surface area contributed by atoms with Crippen LogP contribution in [0.1, 0.15) is 36.5 Å². The van der Waals surface area contributed by atoms with Gasteiger partial charge in [-0.1, -0.05) is 6.92 Å². The second kappa shape index (κ2) is 4.41. The highest BCUT2D eigenvalue weighted by Gasteiger charge is 2.36. The van der Waals surface area contributed by atoms with E-state index in [-0.39, 0.29) is 0 Å². The van der Waals surface area contributed by atoms with E-state index in [4.69, 9.17) is 8.83 Å². The molecule has 1 fully saturated rings. The standard InChI is InChI=1S/C14H17NO2/c1-10-7-13(10)14-5-4-12(17-14)9-15-8-11-3-2-6-16-11/h2-6,10,13,15H,7-9H2,1H3/t10-,13+/m0/s1. The summed E-state index contributed by atoms with van der Waals surface area (Å²) in [6.07, 6.45) is 2.96. The molecule has 0 spiro atoms. The van der Waals surface area contributed by atoms with Crippen molar-refractivity contribution >= 4 is 0 Å². The van der Waals surface area contributed by atoms with E-state index in [1.54, 1.807) is 6.26 Å². The van der Waals surface area contributed by atoms with Crippen molar-refractivity contribution in [2.45, 2.75) is 32.4 Å². The molecule has 2 heterocycles. The minimum Gasteiger partial charge on any atom is -0.468 e. The third kappa shape index (κ3) is 2.44. The van der Waals surface area contributed by atoms with Crippen LogP contribution in [0.3, 0.4) is 0 Å². The normalized spacial score (nSPS) is 22.9. The molecule has 0 radical (unpaired) electrons. The van der Waals surface area contributed by atoms with Crippen molar-refractivity contribution in [2.75, 3.05) is 0 Å². The molecule has 0 aliphatic heterocycles. The maximum Gasteiger partial charge on any atom is 0.117 e. The average Bonchev–Trinajstić information content (AvgIpc) is 2.76. The highest BCUT2D eigenvalue weighted by molar-refractivity contribution is 5.17. The van der Waals surface area contributed by atoms with Crippen LogP contribution < -0.4 is 5.32 Å². The molecule has 1 saturated carbocycles. The molecule has 90 valence electrons. The fourth-order valence-electron chi connectivity index (χ4n) is 2.13. The summed E-state index contributed by atoms with van der Waals surface area (Å²) in [6, 6.07) is 8.04. The van der Waals surface area contributed by atoms with Crippen molar-refractivity contribution in [3.05, 3.63) is 47.8 Å². The highest BCUT2D eigenvalue weighted by Crippen LogP contribution is 2.47. The van der Waals surface area contributed by atoms with Gasteiger partial charge in [0.15, 0.2) is 0 Å². The molecule has 0 aromatic carbocycles. The van der Waals surface area contributed by atoms with Gasteiger partial charge in [0.05, 0.1) is 19.4 Å². The van der Waals surface area contributed by atoms with Crippen molar-refractivity contribution in [3.63, 3.8) is 0 Å². The zero-order chi connectivity index (χ0) is 11.7. The van der Waals surface area contributed by atoms with E-state index in [1.165, 1.54) is 6.42 Å².